The number of nitro benzene ring substituents is 1. The second-order valence-electron chi connectivity index (χ2n) is 5.50. The van der Waals surface area contributed by atoms with Gasteiger partial charge in [0.1, 0.15) is 0 Å². The predicted octanol–water partition coefficient (Wildman–Crippen LogP) is 3.78. The van der Waals surface area contributed by atoms with Gasteiger partial charge >= 0.3 is 0 Å². The van der Waals surface area contributed by atoms with E-state index in [1.807, 2.05) is 55.4 Å². The monoisotopic (exact) mass is 320 g/mol. The van der Waals surface area contributed by atoms with Crippen LogP contribution in [-0.2, 0) is 0 Å². The molecule has 0 aliphatic carbocycles. The Labute approximate surface area is 139 Å². The van der Waals surface area contributed by atoms with Gasteiger partial charge in [0.05, 0.1) is 16.3 Å². The minimum absolute atomic E-state index is 0.0592. The zero-order chi connectivity index (χ0) is 17.1. The first kappa shape index (κ1) is 15.6. The first-order valence-electron chi connectivity index (χ1n) is 7.41. The Morgan fingerprint density at radius 2 is 1.42 bits per heavy atom. The summed E-state index contributed by atoms with van der Waals surface area (Å²) in [6.07, 6.45) is 0. The van der Waals surface area contributed by atoms with Crippen LogP contribution in [0.25, 0.3) is 22.5 Å². The summed E-state index contributed by atoms with van der Waals surface area (Å²) < 4.78 is 0. The quantitative estimate of drug-likeness (QED) is 0.540. The van der Waals surface area contributed by atoms with Crippen molar-refractivity contribution in [3.05, 3.63) is 70.8 Å². The van der Waals surface area contributed by atoms with Crippen LogP contribution >= 0.6 is 0 Å². The third-order valence-corrected chi connectivity index (χ3v) is 3.56. The fourth-order valence-electron chi connectivity index (χ4n) is 2.29. The smallest absolute Gasteiger partial charge is 0.269 e. The molecule has 2 aromatic carbocycles. The molecule has 1 aromatic heterocycles. The van der Waals surface area contributed by atoms with Crippen LogP contribution in [0.4, 0.5) is 11.6 Å². The van der Waals surface area contributed by atoms with Gasteiger partial charge in [-0.1, -0.05) is 30.3 Å². The van der Waals surface area contributed by atoms with E-state index in [0.29, 0.717) is 5.95 Å². The number of aromatic nitrogens is 2. The average Bonchev–Trinajstić information content (AvgIpc) is 2.62. The van der Waals surface area contributed by atoms with E-state index in [9.17, 15) is 10.1 Å². The zero-order valence-electron chi connectivity index (χ0n) is 13.4. The molecule has 0 spiro atoms. The molecule has 0 saturated carbocycles. The molecule has 0 atom stereocenters. The van der Waals surface area contributed by atoms with Gasteiger partial charge in [0, 0.05) is 37.4 Å². The summed E-state index contributed by atoms with van der Waals surface area (Å²) in [6, 6.07) is 18.1. The van der Waals surface area contributed by atoms with Crippen LogP contribution in [0.2, 0.25) is 0 Å². The summed E-state index contributed by atoms with van der Waals surface area (Å²) >= 11 is 0. The summed E-state index contributed by atoms with van der Waals surface area (Å²) in [6.45, 7) is 0. The van der Waals surface area contributed by atoms with Gasteiger partial charge in [0.15, 0.2) is 0 Å². The fourth-order valence-corrected chi connectivity index (χ4v) is 2.29. The number of nitrogens with zero attached hydrogens (tertiary/aromatic N) is 4. The number of rotatable bonds is 4. The van der Waals surface area contributed by atoms with Crippen LogP contribution in [0.1, 0.15) is 0 Å². The standard InChI is InChI=1S/C18H16N4O2/c1-21(2)18-19-16(13-6-4-3-5-7-13)12-17(20-18)14-8-10-15(11-9-14)22(23)24/h3-12H,1-2H3. The van der Waals surface area contributed by atoms with Crippen molar-refractivity contribution in [2.45, 2.75) is 0 Å². The summed E-state index contributed by atoms with van der Waals surface area (Å²) in [7, 11) is 3.76. The largest absolute Gasteiger partial charge is 0.347 e. The first-order valence-corrected chi connectivity index (χ1v) is 7.41. The highest BCUT2D eigenvalue weighted by Crippen LogP contribution is 2.27. The second kappa shape index (κ2) is 6.45. The minimum atomic E-state index is -0.412. The normalized spacial score (nSPS) is 10.4. The summed E-state index contributed by atoms with van der Waals surface area (Å²) in [5, 5.41) is 10.8. The summed E-state index contributed by atoms with van der Waals surface area (Å²) in [5.41, 5.74) is 3.39. The lowest BCUT2D eigenvalue weighted by Gasteiger charge is -2.14. The molecule has 0 unspecified atom stereocenters. The highest BCUT2D eigenvalue weighted by atomic mass is 16.6. The van der Waals surface area contributed by atoms with Crippen molar-refractivity contribution in [3.63, 3.8) is 0 Å². The van der Waals surface area contributed by atoms with E-state index < -0.39 is 4.92 Å². The van der Waals surface area contributed by atoms with Gasteiger partial charge in [-0.3, -0.25) is 10.1 Å². The molecule has 0 aliphatic rings. The lowest BCUT2D eigenvalue weighted by Crippen LogP contribution is -2.13. The Hall–Kier alpha value is -3.28. The lowest BCUT2D eigenvalue weighted by atomic mass is 10.1. The lowest BCUT2D eigenvalue weighted by molar-refractivity contribution is -0.384. The molecule has 6 heteroatoms. The highest BCUT2D eigenvalue weighted by molar-refractivity contribution is 5.70. The number of benzene rings is 2. The van der Waals surface area contributed by atoms with E-state index in [4.69, 9.17) is 0 Å². The minimum Gasteiger partial charge on any atom is -0.347 e. The Morgan fingerprint density at radius 1 is 0.875 bits per heavy atom. The Balaban J connectivity index is 2.10. The summed E-state index contributed by atoms with van der Waals surface area (Å²) in [4.78, 5) is 21.4. The molecule has 3 aromatic rings. The van der Waals surface area contributed by atoms with E-state index in [2.05, 4.69) is 9.97 Å². The van der Waals surface area contributed by atoms with Gasteiger partial charge in [0.25, 0.3) is 5.69 Å². The molecule has 0 saturated heterocycles. The van der Waals surface area contributed by atoms with Crippen LogP contribution in [0.3, 0.4) is 0 Å². The molecule has 0 N–H and O–H groups in total. The average molecular weight is 320 g/mol. The Bertz CT molecular complexity index is 862. The zero-order valence-corrected chi connectivity index (χ0v) is 13.4. The van der Waals surface area contributed by atoms with E-state index in [-0.39, 0.29) is 5.69 Å². The van der Waals surface area contributed by atoms with Crippen LogP contribution in [-0.4, -0.2) is 29.0 Å². The molecular formula is C18H16N4O2. The van der Waals surface area contributed by atoms with Gasteiger partial charge in [0.2, 0.25) is 5.95 Å². The second-order valence-corrected chi connectivity index (χ2v) is 5.50. The maximum absolute atomic E-state index is 10.8. The molecule has 1 heterocycles. The van der Waals surface area contributed by atoms with Crippen molar-refractivity contribution in [1.82, 2.24) is 9.97 Å². The molecule has 120 valence electrons. The van der Waals surface area contributed by atoms with Crippen molar-refractivity contribution in [3.8, 4) is 22.5 Å². The SMILES string of the molecule is CN(C)c1nc(-c2ccccc2)cc(-c2ccc([N+](=O)[O-])cc2)n1. The van der Waals surface area contributed by atoms with Gasteiger partial charge in [-0.05, 0) is 18.2 Å². The first-order chi connectivity index (χ1) is 11.5. The number of anilines is 1. The molecule has 24 heavy (non-hydrogen) atoms. The predicted molar refractivity (Wildman–Crippen MR) is 93.9 cm³/mol. The van der Waals surface area contributed by atoms with E-state index in [1.54, 1.807) is 12.1 Å². The van der Waals surface area contributed by atoms with Crippen LogP contribution in [0, 0.1) is 10.1 Å². The van der Waals surface area contributed by atoms with Crippen LogP contribution < -0.4 is 4.90 Å². The molecule has 0 amide bonds. The van der Waals surface area contributed by atoms with Crippen molar-refractivity contribution < 1.29 is 4.92 Å². The third kappa shape index (κ3) is 3.22. The van der Waals surface area contributed by atoms with Gasteiger partial charge < -0.3 is 4.90 Å². The van der Waals surface area contributed by atoms with E-state index in [0.717, 1.165) is 22.5 Å². The molecular weight excluding hydrogens is 304 g/mol. The van der Waals surface area contributed by atoms with Crippen molar-refractivity contribution in [2.24, 2.45) is 0 Å². The van der Waals surface area contributed by atoms with E-state index >= 15 is 0 Å². The van der Waals surface area contributed by atoms with Crippen molar-refractivity contribution in [1.29, 1.82) is 0 Å². The van der Waals surface area contributed by atoms with Crippen molar-refractivity contribution in [2.75, 3.05) is 19.0 Å². The number of non-ortho nitro benzene ring substituents is 1. The fraction of sp³-hybridized carbons (Fsp3) is 0.111. The number of hydrogen-bond donors (Lipinski definition) is 0. The third-order valence-electron chi connectivity index (χ3n) is 3.56. The van der Waals surface area contributed by atoms with Crippen LogP contribution in [0.15, 0.2) is 60.7 Å². The molecule has 3 rings (SSSR count). The molecule has 0 radical (unpaired) electrons. The maximum Gasteiger partial charge on any atom is 0.269 e. The van der Waals surface area contributed by atoms with E-state index in [1.165, 1.54) is 12.1 Å². The number of hydrogen-bond acceptors (Lipinski definition) is 5. The van der Waals surface area contributed by atoms with Crippen molar-refractivity contribution >= 4 is 11.6 Å². The van der Waals surface area contributed by atoms with Gasteiger partial charge in [-0.25, -0.2) is 9.97 Å². The molecule has 6 nitrogen and oxygen atoms in total. The molecule has 0 aliphatic heterocycles. The Morgan fingerprint density at radius 3 is 1.92 bits per heavy atom. The maximum atomic E-state index is 10.8. The summed E-state index contributed by atoms with van der Waals surface area (Å²) in [5.74, 6) is 0.588. The van der Waals surface area contributed by atoms with Crippen LogP contribution in [0.5, 0.6) is 0 Å². The Kier molecular flexibility index (Phi) is 4.20. The topological polar surface area (TPSA) is 72.2 Å². The molecule has 0 bridgehead atoms. The molecule has 0 fully saturated rings. The van der Waals surface area contributed by atoms with Gasteiger partial charge in [-0.15, -0.1) is 0 Å². The van der Waals surface area contributed by atoms with Gasteiger partial charge in [-0.2, -0.15) is 0 Å². The number of nitro groups is 1. The highest BCUT2D eigenvalue weighted by Gasteiger charge is 2.11.